The van der Waals surface area contributed by atoms with Crippen LogP contribution in [0.2, 0.25) is 0 Å². The maximum absolute atomic E-state index is 12.5. The third-order valence-corrected chi connectivity index (χ3v) is 3.36. The summed E-state index contributed by atoms with van der Waals surface area (Å²) in [4.78, 5) is 13.9. The maximum atomic E-state index is 12.5. The second kappa shape index (κ2) is 6.66. The van der Waals surface area contributed by atoms with Crippen molar-refractivity contribution in [3.8, 4) is 0 Å². The van der Waals surface area contributed by atoms with Crippen molar-refractivity contribution in [3.05, 3.63) is 29.8 Å². The van der Waals surface area contributed by atoms with Crippen molar-refractivity contribution in [2.45, 2.75) is 32.2 Å². The Morgan fingerprint density at radius 1 is 1.23 bits per heavy atom. The van der Waals surface area contributed by atoms with E-state index in [1.54, 1.807) is 0 Å². The number of ether oxygens (including phenoxy) is 1. The van der Waals surface area contributed by atoms with Crippen LogP contribution in [-0.2, 0) is 15.7 Å². The highest BCUT2D eigenvalue weighted by Gasteiger charge is 2.30. The lowest BCUT2D eigenvalue weighted by Gasteiger charge is -2.34. The number of nitrogens with one attached hydrogen (secondary N) is 1. The lowest BCUT2D eigenvalue weighted by atomic mass is 10.2. The van der Waals surface area contributed by atoms with Gasteiger partial charge in [-0.1, -0.05) is 0 Å². The van der Waals surface area contributed by atoms with Gasteiger partial charge in [-0.2, -0.15) is 13.2 Å². The van der Waals surface area contributed by atoms with E-state index in [1.165, 1.54) is 12.1 Å². The van der Waals surface area contributed by atoms with Crippen molar-refractivity contribution in [1.29, 1.82) is 0 Å². The molecule has 22 heavy (non-hydrogen) atoms. The van der Waals surface area contributed by atoms with E-state index in [9.17, 15) is 18.0 Å². The predicted octanol–water partition coefficient (Wildman–Crippen LogP) is 2.75. The van der Waals surface area contributed by atoms with Crippen LogP contribution in [0.4, 0.5) is 18.9 Å². The van der Waals surface area contributed by atoms with E-state index in [-0.39, 0.29) is 24.7 Å². The number of carbonyl (C=O) groups is 1. The first kappa shape index (κ1) is 16.8. The highest BCUT2D eigenvalue weighted by Crippen LogP contribution is 2.29. The minimum Gasteiger partial charge on any atom is -0.373 e. The van der Waals surface area contributed by atoms with E-state index < -0.39 is 11.7 Å². The van der Waals surface area contributed by atoms with Crippen LogP contribution in [0.1, 0.15) is 19.4 Å². The van der Waals surface area contributed by atoms with Crippen molar-refractivity contribution >= 4 is 11.6 Å². The average Bonchev–Trinajstić information content (AvgIpc) is 2.36. The van der Waals surface area contributed by atoms with Crippen LogP contribution in [-0.4, -0.2) is 42.6 Å². The van der Waals surface area contributed by atoms with Gasteiger partial charge < -0.3 is 10.1 Å². The predicted molar refractivity (Wildman–Crippen MR) is 76.5 cm³/mol. The fourth-order valence-corrected chi connectivity index (χ4v) is 2.56. The Balaban J connectivity index is 1.89. The van der Waals surface area contributed by atoms with E-state index in [2.05, 4.69) is 5.32 Å². The molecule has 122 valence electrons. The monoisotopic (exact) mass is 316 g/mol. The zero-order chi connectivity index (χ0) is 16.3. The average molecular weight is 316 g/mol. The molecule has 2 rings (SSSR count). The number of nitrogens with zero attached hydrogens (tertiary/aromatic N) is 1. The van der Waals surface area contributed by atoms with Crippen LogP contribution in [0.25, 0.3) is 0 Å². The van der Waals surface area contributed by atoms with Crippen molar-refractivity contribution in [2.24, 2.45) is 0 Å². The Hall–Kier alpha value is -1.60. The second-order valence-corrected chi connectivity index (χ2v) is 5.57. The zero-order valence-corrected chi connectivity index (χ0v) is 12.5. The van der Waals surface area contributed by atoms with Gasteiger partial charge in [0.1, 0.15) is 0 Å². The first-order valence-corrected chi connectivity index (χ1v) is 7.09. The third kappa shape index (κ3) is 4.71. The summed E-state index contributed by atoms with van der Waals surface area (Å²) in [6, 6.07) is 4.42. The van der Waals surface area contributed by atoms with E-state index in [1.807, 2.05) is 18.7 Å². The number of alkyl halides is 3. The summed E-state index contributed by atoms with van der Waals surface area (Å²) in [7, 11) is 0. The van der Waals surface area contributed by atoms with Crippen LogP contribution in [0.3, 0.4) is 0 Å². The molecule has 1 heterocycles. The van der Waals surface area contributed by atoms with Crippen LogP contribution in [0.5, 0.6) is 0 Å². The molecule has 0 spiro atoms. The zero-order valence-electron chi connectivity index (χ0n) is 12.5. The summed E-state index contributed by atoms with van der Waals surface area (Å²) in [5, 5.41) is 2.61. The highest BCUT2D eigenvalue weighted by molar-refractivity contribution is 5.92. The Bertz CT molecular complexity index is 507. The summed E-state index contributed by atoms with van der Waals surface area (Å²) in [6.45, 7) is 5.39. The maximum Gasteiger partial charge on any atom is 0.416 e. The lowest BCUT2D eigenvalue weighted by molar-refractivity contribution is -0.137. The highest BCUT2D eigenvalue weighted by atomic mass is 19.4. The molecular formula is C15H19F3N2O2. The molecule has 1 aliphatic rings. The molecule has 1 saturated heterocycles. The molecule has 1 N–H and O–H groups in total. The second-order valence-electron chi connectivity index (χ2n) is 5.57. The molecule has 1 aromatic rings. The number of rotatable bonds is 3. The molecule has 0 aromatic heterocycles. The van der Waals surface area contributed by atoms with Gasteiger partial charge in [0.05, 0.1) is 24.3 Å². The number of benzene rings is 1. The molecule has 0 radical (unpaired) electrons. The van der Waals surface area contributed by atoms with E-state index in [0.717, 1.165) is 12.1 Å². The fraction of sp³-hybridized carbons (Fsp3) is 0.533. The summed E-state index contributed by atoms with van der Waals surface area (Å²) in [6.07, 6.45) is -4.26. The quantitative estimate of drug-likeness (QED) is 0.932. The first-order valence-electron chi connectivity index (χ1n) is 7.09. The molecule has 0 bridgehead atoms. The minimum atomic E-state index is -4.37. The fourth-order valence-electron chi connectivity index (χ4n) is 2.56. The topological polar surface area (TPSA) is 41.6 Å². The number of morpholine rings is 1. The molecule has 2 unspecified atom stereocenters. The first-order chi connectivity index (χ1) is 10.2. The van der Waals surface area contributed by atoms with Crippen LogP contribution < -0.4 is 5.32 Å². The standard InChI is InChI=1S/C15H19F3N2O2/c1-10-7-20(8-11(2)22-10)9-14(21)19-13-5-3-12(4-6-13)15(16,17)18/h3-6,10-11H,7-9H2,1-2H3,(H,19,21). The van der Waals surface area contributed by atoms with E-state index >= 15 is 0 Å². The molecule has 4 nitrogen and oxygen atoms in total. The summed E-state index contributed by atoms with van der Waals surface area (Å²) >= 11 is 0. The molecule has 2 atom stereocenters. The summed E-state index contributed by atoms with van der Waals surface area (Å²) in [5.41, 5.74) is -0.381. The van der Waals surface area contributed by atoms with Crippen LogP contribution in [0, 0.1) is 0 Å². The molecule has 0 aliphatic carbocycles. The molecule has 0 saturated carbocycles. The lowest BCUT2D eigenvalue weighted by Crippen LogP contribution is -2.48. The van der Waals surface area contributed by atoms with Gasteiger partial charge in [0, 0.05) is 18.8 Å². The summed E-state index contributed by atoms with van der Waals surface area (Å²) in [5.74, 6) is -0.249. The van der Waals surface area contributed by atoms with Gasteiger partial charge in [-0.05, 0) is 38.1 Å². The van der Waals surface area contributed by atoms with Crippen molar-refractivity contribution in [2.75, 3.05) is 25.0 Å². The minimum absolute atomic E-state index is 0.0580. The number of halogens is 3. The Kier molecular flexibility index (Phi) is 5.08. The van der Waals surface area contributed by atoms with Gasteiger partial charge in [-0.25, -0.2) is 0 Å². The van der Waals surface area contributed by atoms with E-state index in [0.29, 0.717) is 18.8 Å². The molecule has 1 fully saturated rings. The molecule has 1 aliphatic heterocycles. The number of hydrogen-bond donors (Lipinski definition) is 1. The molecule has 7 heteroatoms. The van der Waals surface area contributed by atoms with Crippen LogP contribution >= 0.6 is 0 Å². The molecule has 1 amide bonds. The SMILES string of the molecule is CC1CN(CC(=O)Nc2ccc(C(F)(F)F)cc2)CC(C)O1. The van der Waals surface area contributed by atoms with Crippen molar-refractivity contribution in [3.63, 3.8) is 0 Å². The van der Waals surface area contributed by atoms with Gasteiger partial charge in [-0.15, -0.1) is 0 Å². The number of anilines is 1. The van der Waals surface area contributed by atoms with Gasteiger partial charge in [0.2, 0.25) is 5.91 Å². The largest absolute Gasteiger partial charge is 0.416 e. The van der Waals surface area contributed by atoms with Crippen LogP contribution in [0.15, 0.2) is 24.3 Å². The summed E-state index contributed by atoms with van der Waals surface area (Å²) < 4.78 is 43.0. The van der Waals surface area contributed by atoms with Crippen molar-refractivity contribution < 1.29 is 22.7 Å². The van der Waals surface area contributed by atoms with Crippen molar-refractivity contribution in [1.82, 2.24) is 4.90 Å². The van der Waals surface area contributed by atoms with Gasteiger partial charge in [0.25, 0.3) is 0 Å². The van der Waals surface area contributed by atoms with E-state index in [4.69, 9.17) is 4.74 Å². The third-order valence-electron chi connectivity index (χ3n) is 3.36. The number of amides is 1. The number of carbonyl (C=O) groups excluding carboxylic acids is 1. The molecule has 1 aromatic carbocycles. The Labute approximate surface area is 127 Å². The smallest absolute Gasteiger partial charge is 0.373 e. The van der Waals surface area contributed by atoms with Gasteiger partial charge >= 0.3 is 6.18 Å². The van der Waals surface area contributed by atoms with Gasteiger partial charge in [0.15, 0.2) is 0 Å². The number of hydrogen-bond acceptors (Lipinski definition) is 3. The Morgan fingerprint density at radius 3 is 2.27 bits per heavy atom. The molecular weight excluding hydrogens is 297 g/mol. The Morgan fingerprint density at radius 2 is 1.77 bits per heavy atom. The van der Waals surface area contributed by atoms with Gasteiger partial charge in [-0.3, -0.25) is 9.69 Å². The normalized spacial score (nSPS) is 23.3.